The molecule has 1 saturated heterocycles. The molecule has 0 bridgehead atoms. The van der Waals surface area contributed by atoms with Gasteiger partial charge in [-0.3, -0.25) is 4.79 Å². The molecular formula is C24H28F3N3O5. The van der Waals surface area contributed by atoms with Crippen molar-refractivity contribution < 1.29 is 37.0 Å². The summed E-state index contributed by atoms with van der Waals surface area (Å²) in [6.45, 7) is 0.360. The number of carbonyl (C=O) groups excluding carboxylic acids is 2. The first-order chi connectivity index (χ1) is 16.7. The number of rotatable bonds is 8. The SMILES string of the molecule is COc1ccc(C(=O)N2CCN(C(=O)NCc3ccc(COCC(F)(F)F)cc3)CC2)c(OC)c1. The van der Waals surface area contributed by atoms with Crippen LogP contribution in [0.5, 0.6) is 11.5 Å². The minimum Gasteiger partial charge on any atom is -0.497 e. The first-order valence-corrected chi connectivity index (χ1v) is 11.0. The van der Waals surface area contributed by atoms with Gasteiger partial charge in [0.1, 0.15) is 18.1 Å². The number of nitrogens with zero attached hydrogens (tertiary/aromatic N) is 2. The number of carbonyl (C=O) groups is 2. The molecular weight excluding hydrogens is 467 g/mol. The van der Waals surface area contributed by atoms with E-state index < -0.39 is 12.8 Å². The Kier molecular flexibility index (Phi) is 8.80. The molecule has 0 spiro atoms. The second-order valence-electron chi connectivity index (χ2n) is 7.93. The van der Waals surface area contributed by atoms with Gasteiger partial charge in [-0.05, 0) is 23.3 Å². The summed E-state index contributed by atoms with van der Waals surface area (Å²) in [4.78, 5) is 28.8. The molecule has 2 aromatic rings. The summed E-state index contributed by atoms with van der Waals surface area (Å²) < 4.78 is 51.6. The topological polar surface area (TPSA) is 80.3 Å². The summed E-state index contributed by atoms with van der Waals surface area (Å²) in [5.74, 6) is 0.834. The molecule has 0 atom stereocenters. The van der Waals surface area contributed by atoms with E-state index >= 15 is 0 Å². The van der Waals surface area contributed by atoms with Gasteiger partial charge in [-0.15, -0.1) is 0 Å². The molecule has 1 aliphatic heterocycles. The molecule has 0 unspecified atom stereocenters. The average molecular weight is 495 g/mol. The fourth-order valence-electron chi connectivity index (χ4n) is 3.59. The fraction of sp³-hybridized carbons (Fsp3) is 0.417. The van der Waals surface area contributed by atoms with Gasteiger partial charge in [0.15, 0.2) is 0 Å². The average Bonchev–Trinajstić information content (AvgIpc) is 2.86. The van der Waals surface area contributed by atoms with Crippen LogP contribution < -0.4 is 14.8 Å². The number of alkyl halides is 3. The zero-order valence-electron chi connectivity index (χ0n) is 19.6. The van der Waals surface area contributed by atoms with Crippen LogP contribution in [-0.4, -0.2) is 74.9 Å². The van der Waals surface area contributed by atoms with Crippen molar-refractivity contribution in [1.82, 2.24) is 15.1 Å². The van der Waals surface area contributed by atoms with E-state index in [1.54, 1.807) is 52.3 Å². The molecule has 1 aliphatic rings. The van der Waals surface area contributed by atoms with Gasteiger partial charge >= 0.3 is 12.2 Å². The van der Waals surface area contributed by atoms with Gasteiger partial charge in [-0.1, -0.05) is 24.3 Å². The molecule has 11 heteroatoms. The second kappa shape index (κ2) is 11.8. The number of methoxy groups -OCH3 is 2. The number of amides is 3. The Morgan fingerprint density at radius 1 is 0.914 bits per heavy atom. The maximum Gasteiger partial charge on any atom is 0.411 e. The van der Waals surface area contributed by atoms with Crippen LogP contribution in [0.3, 0.4) is 0 Å². The van der Waals surface area contributed by atoms with Crippen LogP contribution >= 0.6 is 0 Å². The molecule has 190 valence electrons. The zero-order chi connectivity index (χ0) is 25.4. The summed E-state index contributed by atoms with van der Waals surface area (Å²) >= 11 is 0. The van der Waals surface area contributed by atoms with Gasteiger partial charge in [0.2, 0.25) is 0 Å². The standard InChI is InChI=1S/C24H28F3N3O5/c1-33-19-7-8-20(21(13-19)34-2)22(31)29-9-11-30(12-10-29)23(32)28-14-17-3-5-18(6-4-17)15-35-16-24(25,26)27/h3-8,13H,9-12,14-16H2,1-2H3,(H,28,32). The molecule has 8 nitrogen and oxygen atoms in total. The fourth-order valence-corrected chi connectivity index (χ4v) is 3.59. The van der Waals surface area contributed by atoms with E-state index in [0.29, 0.717) is 48.8 Å². The maximum atomic E-state index is 12.9. The lowest BCUT2D eigenvalue weighted by atomic mass is 10.1. The highest BCUT2D eigenvalue weighted by molar-refractivity contribution is 5.97. The summed E-state index contributed by atoms with van der Waals surface area (Å²) in [5, 5.41) is 2.83. The molecule has 1 heterocycles. The van der Waals surface area contributed by atoms with Crippen LogP contribution in [0.1, 0.15) is 21.5 Å². The van der Waals surface area contributed by atoms with E-state index in [-0.39, 0.29) is 25.1 Å². The van der Waals surface area contributed by atoms with Crippen molar-refractivity contribution in [3.05, 3.63) is 59.2 Å². The molecule has 35 heavy (non-hydrogen) atoms. The number of ether oxygens (including phenoxy) is 3. The second-order valence-corrected chi connectivity index (χ2v) is 7.93. The van der Waals surface area contributed by atoms with Gasteiger partial charge in [-0.2, -0.15) is 13.2 Å². The molecule has 1 N–H and O–H groups in total. The predicted molar refractivity (Wildman–Crippen MR) is 121 cm³/mol. The molecule has 0 saturated carbocycles. The van der Waals surface area contributed by atoms with E-state index in [2.05, 4.69) is 10.1 Å². The van der Waals surface area contributed by atoms with Crippen LogP contribution in [0.15, 0.2) is 42.5 Å². The van der Waals surface area contributed by atoms with E-state index in [1.165, 1.54) is 14.2 Å². The van der Waals surface area contributed by atoms with Crippen LogP contribution in [0.2, 0.25) is 0 Å². The van der Waals surface area contributed by atoms with Crippen LogP contribution in [0.4, 0.5) is 18.0 Å². The van der Waals surface area contributed by atoms with Crippen LogP contribution in [-0.2, 0) is 17.9 Å². The first-order valence-electron chi connectivity index (χ1n) is 11.0. The molecule has 1 fully saturated rings. The summed E-state index contributed by atoms with van der Waals surface area (Å²) in [5.41, 5.74) is 1.84. The largest absolute Gasteiger partial charge is 0.497 e. The van der Waals surface area contributed by atoms with E-state index in [1.807, 2.05) is 0 Å². The number of halogens is 3. The van der Waals surface area contributed by atoms with Crippen molar-refractivity contribution in [3.8, 4) is 11.5 Å². The Labute approximate surface area is 201 Å². The maximum absolute atomic E-state index is 12.9. The molecule has 0 aliphatic carbocycles. The van der Waals surface area contributed by atoms with E-state index in [0.717, 1.165) is 5.56 Å². The molecule has 2 aromatic carbocycles. The molecule has 3 rings (SSSR count). The highest BCUT2D eigenvalue weighted by Crippen LogP contribution is 2.26. The number of hydrogen-bond donors (Lipinski definition) is 1. The highest BCUT2D eigenvalue weighted by Gasteiger charge is 2.28. The highest BCUT2D eigenvalue weighted by atomic mass is 19.4. The molecule has 0 aromatic heterocycles. The van der Waals surface area contributed by atoms with Gasteiger partial charge < -0.3 is 29.3 Å². The Balaban J connectivity index is 1.44. The summed E-state index contributed by atoms with van der Waals surface area (Å²) in [7, 11) is 3.02. The summed E-state index contributed by atoms with van der Waals surface area (Å²) in [6.07, 6.45) is -4.36. The van der Waals surface area contributed by atoms with Crippen LogP contribution in [0, 0.1) is 0 Å². The van der Waals surface area contributed by atoms with Crippen molar-refractivity contribution in [1.29, 1.82) is 0 Å². The van der Waals surface area contributed by atoms with Gasteiger partial charge in [0.25, 0.3) is 5.91 Å². The van der Waals surface area contributed by atoms with Gasteiger partial charge in [0.05, 0.1) is 26.4 Å². The van der Waals surface area contributed by atoms with E-state index in [4.69, 9.17) is 9.47 Å². The Bertz CT molecular complexity index is 1010. The quantitative estimate of drug-likeness (QED) is 0.607. The van der Waals surface area contributed by atoms with Crippen molar-refractivity contribution in [2.24, 2.45) is 0 Å². The van der Waals surface area contributed by atoms with Crippen molar-refractivity contribution >= 4 is 11.9 Å². The lowest BCUT2D eigenvalue weighted by molar-refractivity contribution is -0.176. The Morgan fingerprint density at radius 2 is 1.54 bits per heavy atom. The van der Waals surface area contributed by atoms with Crippen LogP contribution in [0.25, 0.3) is 0 Å². The van der Waals surface area contributed by atoms with Gasteiger partial charge in [-0.25, -0.2) is 4.79 Å². The smallest absolute Gasteiger partial charge is 0.411 e. The Morgan fingerprint density at radius 3 is 2.14 bits per heavy atom. The number of urea groups is 1. The zero-order valence-corrected chi connectivity index (χ0v) is 19.6. The Hall–Kier alpha value is -3.47. The van der Waals surface area contributed by atoms with E-state index in [9.17, 15) is 22.8 Å². The first kappa shape index (κ1) is 26.1. The van der Waals surface area contributed by atoms with Crippen molar-refractivity contribution in [3.63, 3.8) is 0 Å². The minimum atomic E-state index is -4.36. The summed E-state index contributed by atoms with van der Waals surface area (Å²) in [6, 6.07) is 11.5. The molecule has 3 amide bonds. The predicted octanol–water partition coefficient (Wildman–Crippen LogP) is 3.45. The lowest BCUT2D eigenvalue weighted by Crippen LogP contribution is -2.53. The number of benzene rings is 2. The lowest BCUT2D eigenvalue weighted by Gasteiger charge is -2.35. The normalized spacial score (nSPS) is 14.0. The van der Waals surface area contributed by atoms with Crippen molar-refractivity contribution in [2.75, 3.05) is 47.0 Å². The number of nitrogens with one attached hydrogen (secondary N) is 1. The molecule has 0 radical (unpaired) electrons. The van der Waals surface area contributed by atoms with Gasteiger partial charge in [0, 0.05) is 38.8 Å². The monoisotopic (exact) mass is 495 g/mol. The van der Waals surface area contributed by atoms with Crippen molar-refractivity contribution in [2.45, 2.75) is 19.3 Å². The number of hydrogen-bond acceptors (Lipinski definition) is 5. The third-order valence-corrected chi connectivity index (χ3v) is 5.49. The number of piperazine rings is 1. The third-order valence-electron chi connectivity index (χ3n) is 5.49. The minimum absolute atomic E-state index is 0.141. The third kappa shape index (κ3) is 7.51.